The maximum Gasteiger partial charge on any atom is 0.269 e. The van der Waals surface area contributed by atoms with E-state index in [1.54, 1.807) is 12.1 Å². The van der Waals surface area contributed by atoms with Gasteiger partial charge < -0.3 is 15.5 Å². The van der Waals surface area contributed by atoms with Crippen LogP contribution in [0.2, 0.25) is 0 Å². The lowest BCUT2D eigenvalue weighted by Crippen LogP contribution is -2.52. The molecule has 106 valence electrons. The first-order chi connectivity index (χ1) is 8.98. The van der Waals surface area contributed by atoms with Crippen molar-refractivity contribution in [1.29, 1.82) is 0 Å². The molecular weight excluding hydrogens is 248 g/mol. The van der Waals surface area contributed by atoms with Crippen LogP contribution in [0, 0.1) is 10.1 Å². The van der Waals surface area contributed by atoms with Crippen LogP contribution in [0.4, 0.5) is 5.69 Å². The number of benzene rings is 1. The second kappa shape index (κ2) is 6.60. The number of non-ortho nitro benzene ring substituents is 1. The molecule has 0 bridgehead atoms. The average molecular weight is 268 g/mol. The summed E-state index contributed by atoms with van der Waals surface area (Å²) in [5.41, 5.74) is 0.175. The Balaban J connectivity index is 2.82. The first kappa shape index (κ1) is 15.6. The average Bonchev–Trinajstić information content (AvgIpc) is 2.45. The largest absolute Gasteiger partial charge is 0.394 e. The smallest absolute Gasteiger partial charge is 0.269 e. The van der Waals surface area contributed by atoms with Crippen molar-refractivity contribution in [1.82, 2.24) is 5.32 Å². The van der Waals surface area contributed by atoms with Gasteiger partial charge in [-0.15, -0.1) is 0 Å². The summed E-state index contributed by atoms with van der Waals surface area (Å²) in [6.45, 7) is 3.42. The van der Waals surface area contributed by atoms with Crippen LogP contribution in [0.25, 0.3) is 0 Å². The fraction of sp³-hybridized carbons (Fsp3) is 0.538. The Morgan fingerprint density at radius 2 is 1.84 bits per heavy atom. The van der Waals surface area contributed by atoms with Crippen LogP contribution in [-0.4, -0.2) is 33.9 Å². The van der Waals surface area contributed by atoms with Gasteiger partial charge in [-0.2, -0.15) is 0 Å². The molecule has 1 rings (SSSR count). The molecule has 19 heavy (non-hydrogen) atoms. The van der Waals surface area contributed by atoms with Crippen LogP contribution >= 0.6 is 0 Å². The molecule has 1 aromatic carbocycles. The Morgan fingerprint density at radius 1 is 1.32 bits per heavy atom. The first-order valence-electron chi connectivity index (χ1n) is 6.22. The minimum absolute atomic E-state index is 0.0435. The summed E-state index contributed by atoms with van der Waals surface area (Å²) in [6.07, 6.45) is 0.581. The summed E-state index contributed by atoms with van der Waals surface area (Å²) >= 11 is 0. The lowest BCUT2D eigenvalue weighted by molar-refractivity contribution is -0.384. The topological polar surface area (TPSA) is 95.6 Å². The third-order valence-electron chi connectivity index (χ3n) is 3.41. The van der Waals surface area contributed by atoms with Crippen molar-refractivity contribution in [2.24, 2.45) is 0 Å². The summed E-state index contributed by atoms with van der Waals surface area (Å²) < 4.78 is 0. The van der Waals surface area contributed by atoms with E-state index in [1.165, 1.54) is 12.1 Å². The highest BCUT2D eigenvalue weighted by Crippen LogP contribution is 2.21. The van der Waals surface area contributed by atoms with Gasteiger partial charge in [0.1, 0.15) is 0 Å². The highest BCUT2D eigenvalue weighted by Gasteiger charge is 2.28. The predicted octanol–water partition coefficient (Wildman–Crippen LogP) is 1.38. The number of nitrogens with zero attached hydrogens (tertiary/aromatic N) is 1. The quantitative estimate of drug-likeness (QED) is 0.513. The number of aliphatic hydroxyl groups excluding tert-OH is 2. The molecule has 0 saturated heterocycles. The number of hydrogen-bond acceptors (Lipinski definition) is 5. The number of nitro groups is 1. The molecule has 0 aromatic heterocycles. The number of rotatable bonds is 7. The van der Waals surface area contributed by atoms with Gasteiger partial charge in [0.25, 0.3) is 5.69 Å². The summed E-state index contributed by atoms with van der Waals surface area (Å²) in [4.78, 5) is 10.1. The van der Waals surface area contributed by atoms with Gasteiger partial charge >= 0.3 is 0 Å². The molecule has 0 aliphatic carbocycles. The lowest BCUT2D eigenvalue weighted by atomic mass is 9.95. The van der Waals surface area contributed by atoms with E-state index >= 15 is 0 Å². The van der Waals surface area contributed by atoms with Crippen LogP contribution in [0.5, 0.6) is 0 Å². The second-order valence-electron chi connectivity index (χ2n) is 4.66. The van der Waals surface area contributed by atoms with Gasteiger partial charge in [0.05, 0.1) is 23.7 Å². The molecule has 1 unspecified atom stereocenters. The Bertz CT molecular complexity index is 407. The van der Waals surface area contributed by atoms with Crippen molar-refractivity contribution in [3.63, 3.8) is 0 Å². The van der Waals surface area contributed by atoms with Crippen LogP contribution in [-0.2, 0) is 0 Å². The summed E-state index contributed by atoms with van der Waals surface area (Å²) in [5, 5.41) is 32.5. The highest BCUT2D eigenvalue weighted by atomic mass is 16.6. The molecular formula is C13H20N2O4. The van der Waals surface area contributed by atoms with Crippen molar-refractivity contribution in [2.75, 3.05) is 13.2 Å². The highest BCUT2D eigenvalue weighted by molar-refractivity contribution is 5.34. The molecule has 0 heterocycles. The summed E-state index contributed by atoms with van der Waals surface area (Å²) in [5.74, 6) is 0. The fourth-order valence-electron chi connectivity index (χ4n) is 1.89. The number of nitrogens with one attached hydrogen (secondary N) is 1. The molecule has 0 fully saturated rings. The zero-order valence-electron chi connectivity index (χ0n) is 11.2. The van der Waals surface area contributed by atoms with E-state index in [0.717, 1.165) is 5.56 Å². The molecule has 0 aliphatic heterocycles. The van der Waals surface area contributed by atoms with Crippen LogP contribution in [0.3, 0.4) is 0 Å². The van der Waals surface area contributed by atoms with Crippen LogP contribution < -0.4 is 5.32 Å². The van der Waals surface area contributed by atoms with Crippen molar-refractivity contribution in [3.8, 4) is 0 Å². The van der Waals surface area contributed by atoms with E-state index in [4.69, 9.17) is 0 Å². The molecule has 0 aliphatic rings. The van der Waals surface area contributed by atoms with Gasteiger partial charge in [-0.25, -0.2) is 0 Å². The zero-order chi connectivity index (χ0) is 14.5. The minimum atomic E-state index is -0.735. The predicted molar refractivity (Wildman–Crippen MR) is 71.8 cm³/mol. The van der Waals surface area contributed by atoms with Crippen molar-refractivity contribution >= 4 is 5.69 Å². The van der Waals surface area contributed by atoms with Crippen LogP contribution in [0.1, 0.15) is 31.9 Å². The third-order valence-corrected chi connectivity index (χ3v) is 3.41. The van der Waals surface area contributed by atoms with E-state index in [-0.39, 0.29) is 24.9 Å². The Kier molecular flexibility index (Phi) is 5.41. The number of nitro benzene ring substituents is 1. The third kappa shape index (κ3) is 3.73. The minimum Gasteiger partial charge on any atom is -0.394 e. The Hall–Kier alpha value is -1.50. The van der Waals surface area contributed by atoms with E-state index in [2.05, 4.69) is 5.32 Å². The van der Waals surface area contributed by atoms with Gasteiger partial charge in [0.15, 0.2) is 0 Å². The maximum absolute atomic E-state index is 10.6. The number of hydrogen-bond donors (Lipinski definition) is 3. The molecule has 0 amide bonds. The number of aliphatic hydroxyl groups is 2. The zero-order valence-corrected chi connectivity index (χ0v) is 11.2. The lowest BCUT2D eigenvalue weighted by Gasteiger charge is -2.33. The van der Waals surface area contributed by atoms with Gasteiger partial charge in [-0.3, -0.25) is 10.1 Å². The molecule has 0 spiro atoms. The molecule has 0 radical (unpaired) electrons. The monoisotopic (exact) mass is 268 g/mol. The fourth-order valence-corrected chi connectivity index (χ4v) is 1.89. The van der Waals surface area contributed by atoms with E-state index < -0.39 is 10.5 Å². The van der Waals surface area contributed by atoms with Crippen molar-refractivity contribution in [3.05, 3.63) is 39.9 Å². The Morgan fingerprint density at radius 3 is 2.21 bits per heavy atom. The first-order valence-corrected chi connectivity index (χ1v) is 6.22. The molecule has 1 atom stereocenters. The van der Waals surface area contributed by atoms with Gasteiger partial charge in [0, 0.05) is 18.2 Å². The molecule has 3 N–H and O–H groups in total. The summed E-state index contributed by atoms with van der Waals surface area (Å²) in [7, 11) is 0. The van der Waals surface area contributed by atoms with Crippen molar-refractivity contribution < 1.29 is 15.1 Å². The van der Waals surface area contributed by atoms with Crippen LogP contribution in [0.15, 0.2) is 24.3 Å². The molecule has 1 aromatic rings. The molecule has 6 heteroatoms. The standard InChI is InChI=1S/C13H20N2O4/c1-3-13(8-16,9-17)14-10(2)11-4-6-12(7-5-11)15(18)19/h4-7,10,14,16-17H,3,8-9H2,1-2H3. The van der Waals surface area contributed by atoms with E-state index in [9.17, 15) is 20.3 Å². The summed E-state index contributed by atoms with van der Waals surface area (Å²) in [6, 6.07) is 6.11. The van der Waals surface area contributed by atoms with Gasteiger partial charge in [0.2, 0.25) is 0 Å². The SMILES string of the molecule is CCC(CO)(CO)NC(C)c1ccc([N+](=O)[O-])cc1. The van der Waals surface area contributed by atoms with E-state index in [0.29, 0.717) is 6.42 Å². The van der Waals surface area contributed by atoms with Gasteiger partial charge in [-0.1, -0.05) is 19.1 Å². The normalized spacial score (nSPS) is 13.3. The van der Waals surface area contributed by atoms with E-state index in [1.807, 2.05) is 13.8 Å². The van der Waals surface area contributed by atoms with Crippen molar-refractivity contribution in [2.45, 2.75) is 31.8 Å². The molecule has 0 saturated carbocycles. The second-order valence-corrected chi connectivity index (χ2v) is 4.66. The maximum atomic E-state index is 10.6. The molecule has 6 nitrogen and oxygen atoms in total. The van der Waals surface area contributed by atoms with Gasteiger partial charge in [-0.05, 0) is 18.9 Å². The Labute approximate surface area is 112 Å².